The number of hydrogen-bond acceptors (Lipinski definition) is 4. The summed E-state index contributed by atoms with van der Waals surface area (Å²) < 4.78 is 2.50. The molecule has 0 bridgehead atoms. The molecular formula is C43H25N5. The quantitative estimate of drug-likeness (QED) is 0.187. The molecule has 12 rings (SSSR count). The molecule has 9 aromatic rings. The minimum Gasteiger partial charge on any atom is -0.315 e. The molecule has 5 nitrogen and oxygen atoms in total. The lowest BCUT2D eigenvalue weighted by Gasteiger charge is -2.27. The molecule has 48 heavy (non-hydrogen) atoms. The van der Waals surface area contributed by atoms with Crippen molar-refractivity contribution in [1.29, 1.82) is 0 Å². The van der Waals surface area contributed by atoms with Crippen molar-refractivity contribution in [1.82, 2.24) is 19.7 Å². The Morgan fingerprint density at radius 2 is 1.62 bits per heavy atom. The van der Waals surface area contributed by atoms with Gasteiger partial charge in [0, 0.05) is 44.4 Å². The number of fused-ring (bicyclic) bond motifs is 2. The van der Waals surface area contributed by atoms with Gasteiger partial charge >= 0.3 is 0 Å². The normalized spacial score (nSPS) is 15.7. The first-order valence-electron chi connectivity index (χ1n) is 16.5. The van der Waals surface area contributed by atoms with Crippen molar-refractivity contribution >= 4 is 77.7 Å². The number of nitrogens with zero attached hydrogens (tertiary/aromatic N) is 5. The first-order valence-corrected chi connectivity index (χ1v) is 16.5. The molecule has 0 N–H and O–H groups in total. The van der Waals surface area contributed by atoms with Crippen molar-refractivity contribution in [3.05, 3.63) is 144 Å². The van der Waals surface area contributed by atoms with Gasteiger partial charge in [-0.15, -0.1) is 5.10 Å². The molecule has 1 aliphatic heterocycles. The summed E-state index contributed by atoms with van der Waals surface area (Å²) in [6, 6.07) is 37.5. The fourth-order valence-corrected chi connectivity index (χ4v) is 8.94. The van der Waals surface area contributed by atoms with Gasteiger partial charge in [0.25, 0.3) is 0 Å². The van der Waals surface area contributed by atoms with Crippen LogP contribution in [0.2, 0.25) is 0 Å². The second-order valence-electron chi connectivity index (χ2n) is 13.2. The molecule has 0 spiro atoms. The van der Waals surface area contributed by atoms with E-state index in [1.165, 1.54) is 76.6 Å². The molecule has 4 heterocycles. The van der Waals surface area contributed by atoms with Gasteiger partial charge in [-0.3, -0.25) is 0 Å². The van der Waals surface area contributed by atoms with Crippen molar-refractivity contribution < 1.29 is 0 Å². The number of benzene rings is 6. The lowest BCUT2D eigenvalue weighted by Crippen LogP contribution is -2.19. The van der Waals surface area contributed by atoms with Crippen LogP contribution >= 0.6 is 0 Å². The van der Waals surface area contributed by atoms with Gasteiger partial charge in [-0.2, -0.15) is 5.10 Å². The second kappa shape index (κ2) is 8.72. The van der Waals surface area contributed by atoms with Crippen molar-refractivity contribution in [3.8, 4) is 16.9 Å². The minimum atomic E-state index is 0.117. The molecule has 2 aliphatic carbocycles. The highest BCUT2D eigenvalue weighted by Crippen LogP contribution is 2.56. The maximum atomic E-state index is 4.81. The molecule has 0 saturated carbocycles. The van der Waals surface area contributed by atoms with Gasteiger partial charge < -0.3 is 9.47 Å². The summed E-state index contributed by atoms with van der Waals surface area (Å²) in [5.41, 5.74) is 9.82. The van der Waals surface area contributed by atoms with E-state index in [4.69, 9.17) is 4.98 Å². The molecule has 0 radical (unpaired) electrons. The van der Waals surface area contributed by atoms with Crippen LogP contribution in [0.5, 0.6) is 0 Å². The topological polar surface area (TPSA) is 46.8 Å². The van der Waals surface area contributed by atoms with Crippen LogP contribution in [0.15, 0.2) is 122 Å². The summed E-state index contributed by atoms with van der Waals surface area (Å²) >= 11 is 0. The maximum absolute atomic E-state index is 4.81. The van der Waals surface area contributed by atoms with Gasteiger partial charge in [0.1, 0.15) is 11.5 Å². The lowest BCUT2D eigenvalue weighted by atomic mass is 9.83. The van der Waals surface area contributed by atoms with Crippen LogP contribution in [0, 0.1) is 0 Å². The Balaban J connectivity index is 1.11. The van der Waals surface area contributed by atoms with Crippen molar-refractivity contribution in [2.24, 2.45) is 0 Å². The maximum Gasteiger partial charge on any atom is 0.133 e. The number of rotatable bonds is 3. The number of anilines is 2. The smallest absolute Gasteiger partial charge is 0.133 e. The first kappa shape index (κ1) is 24.8. The standard InChI is InChI=1S/C43H25N5/c1-2-6-31-29(5-1)23-45-46-43(31)28-9-8-27-22-30(15-10-26(27)21-28)47-32-16-11-24-13-18-34-41-37(24)39(32)40-33(47)17-12-25-14-19-35(42(41)38(25)40)48(34)36-7-3-4-20-44-36/h1-11,13-23,34H,12H2. The second-order valence-corrected chi connectivity index (χ2v) is 13.2. The summed E-state index contributed by atoms with van der Waals surface area (Å²) in [7, 11) is 0. The zero-order chi connectivity index (χ0) is 31.1. The molecule has 3 aromatic heterocycles. The van der Waals surface area contributed by atoms with Crippen LogP contribution in [0.3, 0.4) is 0 Å². The van der Waals surface area contributed by atoms with Crippen LogP contribution in [-0.2, 0) is 6.42 Å². The molecule has 0 amide bonds. The zero-order valence-electron chi connectivity index (χ0n) is 25.7. The molecular weight excluding hydrogens is 587 g/mol. The average molecular weight is 612 g/mol. The van der Waals surface area contributed by atoms with E-state index in [1.54, 1.807) is 0 Å². The summed E-state index contributed by atoms with van der Waals surface area (Å²) in [6.45, 7) is 0. The monoisotopic (exact) mass is 611 g/mol. The Hall–Kier alpha value is -6.33. The van der Waals surface area contributed by atoms with Crippen LogP contribution in [-0.4, -0.2) is 19.7 Å². The van der Waals surface area contributed by atoms with E-state index < -0.39 is 0 Å². The predicted octanol–water partition coefficient (Wildman–Crippen LogP) is 9.37. The summed E-state index contributed by atoms with van der Waals surface area (Å²) in [5.74, 6) is 0.991. The highest BCUT2D eigenvalue weighted by Gasteiger charge is 2.38. The van der Waals surface area contributed by atoms with Gasteiger partial charge in [0.05, 0.1) is 28.8 Å². The van der Waals surface area contributed by atoms with Crippen molar-refractivity contribution in [3.63, 3.8) is 0 Å². The van der Waals surface area contributed by atoms with E-state index in [2.05, 4.69) is 129 Å². The van der Waals surface area contributed by atoms with E-state index in [0.29, 0.717) is 0 Å². The Bertz CT molecular complexity index is 2980. The predicted molar refractivity (Wildman–Crippen MR) is 196 cm³/mol. The van der Waals surface area contributed by atoms with Gasteiger partial charge in [0.15, 0.2) is 0 Å². The van der Waals surface area contributed by atoms with Gasteiger partial charge in [-0.05, 0) is 87.1 Å². The molecule has 6 aromatic carbocycles. The third kappa shape index (κ3) is 3.00. The zero-order valence-corrected chi connectivity index (χ0v) is 25.7. The third-order valence-electron chi connectivity index (χ3n) is 10.9. The van der Waals surface area contributed by atoms with Crippen LogP contribution in [0.25, 0.3) is 83.1 Å². The molecule has 5 heteroatoms. The SMILES string of the molecule is C1=CC2c3c4c(ccc5c4c4c(n(-c6ccc7cc(-c8nncc9ccccc89)ccc7c6)c6ccc1c3c46)=CC5)N2c1ccccn1. The molecule has 0 fully saturated rings. The Labute approximate surface area is 274 Å². The molecule has 1 atom stereocenters. The highest BCUT2D eigenvalue weighted by atomic mass is 15.2. The molecule has 0 saturated heterocycles. The fourth-order valence-electron chi connectivity index (χ4n) is 8.94. The Morgan fingerprint density at radius 3 is 2.58 bits per heavy atom. The van der Waals surface area contributed by atoms with Gasteiger partial charge in [-0.25, -0.2) is 4.98 Å². The average Bonchev–Trinajstić information content (AvgIpc) is 3.68. The largest absolute Gasteiger partial charge is 0.315 e. The third-order valence-corrected chi connectivity index (χ3v) is 10.9. The minimum absolute atomic E-state index is 0.117. The van der Waals surface area contributed by atoms with Crippen LogP contribution in [0.1, 0.15) is 22.7 Å². The number of pyridine rings is 1. The molecule has 1 unspecified atom stereocenters. The summed E-state index contributed by atoms with van der Waals surface area (Å²) in [5, 5.41) is 21.7. The van der Waals surface area contributed by atoms with Crippen molar-refractivity contribution in [2.45, 2.75) is 12.5 Å². The van der Waals surface area contributed by atoms with E-state index >= 15 is 0 Å². The summed E-state index contributed by atoms with van der Waals surface area (Å²) in [4.78, 5) is 7.25. The highest BCUT2D eigenvalue weighted by molar-refractivity contribution is 6.30. The van der Waals surface area contributed by atoms with E-state index in [0.717, 1.165) is 34.3 Å². The molecule has 3 aliphatic rings. The number of hydrogen-bond donors (Lipinski definition) is 0. The number of aromatic nitrogens is 4. The first-order chi connectivity index (χ1) is 23.8. The molecule has 222 valence electrons. The fraction of sp³-hybridized carbons (Fsp3) is 0.0465. The Morgan fingerprint density at radius 1 is 0.708 bits per heavy atom. The van der Waals surface area contributed by atoms with E-state index in [9.17, 15) is 0 Å². The Kier molecular flexibility index (Phi) is 4.51. The van der Waals surface area contributed by atoms with Gasteiger partial charge in [0.2, 0.25) is 0 Å². The van der Waals surface area contributed by atoms with Crippen molar-refractivity contribution in [2.75, 3.05) is 4.90 Å². The van der Waals surface area contributed by atoms with E-state index in [-0.39, 0.29) is 6.04 Å². The van der Waals surface area contributed by atoms with Crippen LogP contribution in [0.4, 0.5) is 11.5 Å². The summed E-state index contributed by atoms with van der Waals surface area (Å²) in [6.07, 6.45) is 11.8. The van der Waals surface area contributed by atoms with Crippen LogP contribution < -0.4 is 10.2 Å². The van der Waals surface area contributed by atoms with E-state index in [1.807, 2.05) is 24.5 Å². The van der Waals surface area contributed by atoms with Gasteiger partial charge in [-0.1, -0.05) is 78.9 Å². The lowest BCUT2D eigenvalue weighted by molar-refractivity contribution is 0.877.